The van der Waals surface area contributed by atoms with Gasteiger partial charge in [-0.25, -0.2) is 0 Å². The van der Waals surface area contributed by atoms with Gasteiger partial charge in [0.1, 0.15) is 5.75 Å². The Balaban J connectivity index is 1.84. The number of rotatable bonds is 2. The van der Waals surface area contributed by atoms with Gasteiger partial charge in [0.25, 0.3) is 0 Å². The summed E-state index contributed by atoms with van der Waals surface area (Å²) < 4.78 is 5.39. The molecule has 104 valence electrons. The SMILES string of the molecule is COc1ccc2c(c1)C(N1CCC(C)CC1)CNC2. The van der Waals surface area contributed by atoms with Crippen molar-refractivity contribution in [1.82, 2.24) is 10.2 Å². The molecule has 0 saturated carbocycles. The molecule has 0 spiro atoms. The van der Waals surface area contributed by atoms with Gasteiger partial charge in [-0.3, -0.25) is 4.90 Å². The highest BCUT2D eigenvalue weighted by Crippen LogP contribution is 2.32. The summed E-state index contributed by atoms with van der Waals surface area (Å²) >= 11 is 0. The van der Waals surface area contributed by atoms with E-state index in [9.17, 15) is 0 Å². The number of likely N-dealkylation sites (tertiary alicyclic amines) is 1. The average molecular weight is 260 g/mol. The highest BCUT2D eigenvalue weighted by Gasteiger charge is 2.28. The second kappa shape index (κ2) is 5.51. The first-order valence-electron chi connectivity index (χ1n) is 7.39. The van der Waals surface area contributed by atoms with E-state index in [1.54, 1.807) is 7.11 Å². The number of hydrogen-bond acceptors (Lipinski definition) is 3. The van der Waals surface area contributed by atoms with Crippen LogP contribution < -0.4 is 10.1 Å². The van der Waals surface area contributed by atoms with E-state index in [0.717, 1.165) is 24.8 Å². The van der Waals surface area contributed by atoms with Gasteiger partial charge in [-0.1, -0.05) is 13.0 Å². The Hall–Kier alpha value is -1.06. The second-order valence-electron chi connectivity index (χ2n) is 5.93. The molecule has 1 fully saturated rings. The standard InChI is InChI=1S/C16H24N2O/c1-12-5-7-18(8-6-12)16-11-17-10-13-3-4-14(19-2)9-15(13)16/h3-4,9,12,16-17H,5-8,10-11H2,1-2H3. The van der Waals surface area contributed by atoms with Crippen LogP contribution in [0.3, 0.4) is 0 Å². The van der Waals surface area contributed by atoms with Crippen molar-refractivity contribution in [3.8, 4) is 5.75 Å². The van der Waals surface area contributed by atoms with E-state index in [1.165, 1.54) is 37.1 Å². The summed E-state index contributed by atoms with van der Waals surface area (Å²) in [7, 11) is 1.75. The number of hydrogen-bond donors (Lipinski definition) is 1. The number of ether oxygens (including phenoxy) is 1. The molecular weight excluding hydrogens is 236 g/mol. The fourth-order valence-electron chi connectivity index (χ4n) is 3.29. The van der Waals surface area contributed by atoms with E-state index < -0.39 is 0 Å². The first kappa shape index (κ1) is 12.9. The van der Waals surface area contributed by atoms with Gasteiger partial charge in [-0.15, -0.1) is 0 Å². The molecule has 3 heteroatoms. The lowest BCUT2D eigenvalue weighted by Crippen LogP contribution is -2.43. The van der Waals surface area contributed by atoms with Crippen LogP contribution in [-0.4, -0.2) is 31.6 Å². The van der Waals surface area contributed by atoms with Crippen molar-refractivity contribution in [1.29, 1.82) is 0 Å². The Bertz CT molecular complexity index is 438. The van der Waals surface area contributed by atoms with Crippen LogP contribution in [-0.2, 0) is 6.54 Å². The number of piperidine rings is 1. The maximum atomic E-state index is 5.39. The third-order valence-corrected chi connectivity index (χ3v) is 4.62. The number of nitrogens with zero attached hydrogens (tertiary/aromatic N) is 1. The van der Waals surface area contributed by atoms with Crippen molar-refractivity contribution in [2.45, 2.75) is 32.4 Å². The first-order chi connectivity index (χ1) is 9.28. The fourth-order valence-corrected chi connectivity index (χ4v) is 3.29. The van der Waals surface area contributed by atoms with Crippen LogP contribution in [0.15, 0.2) is 18.2 Å². The van der Waals surface area contributed by atoms with E-state index in [4.69, 9.17) is 4.74 Å². The molecule has 2 heterocycles. The van der Waals surface area contributed by atoms with Crippen LogP contribution in [0, 0.1) is 5.92 Å². The molecule has 1 aromatic rings. The van der Waals surface area contributed by atoms with E-state index in [1.807, 2.05) is 0 Å². The van der Waals surface area contributed by atoms with Crippen LogP contribution in [0.2, 0.25) is 0 Å². The predicted molar refractivity (Wildman–Crippen MR) is 77.4 cm³/mol. The van der Waals surface area contributed by atoms with Crippen LogP contribution in [0.25, 0.3) is 0 Å². The first-order valence-corrected chi connectivity index (χ1v) is 7.39. The molecule has 3 nitrogen and oxygen atoms in total. The highest BCUT2D eigenvalue weighted by molar-refractivity contribution is 5.39. The zero-order chi connectivity index (χ0) is 13.2. The normalized spacial score (nSPS) is 25.1. The van der Waals surface area contributed by atoms with Crippen LogP contribution >= 0.6 is 0 Å². The summed E-state index contributed by atoms with van der Waals surface area (Å²) in [6, 6.07) is 7.03. The maximum absolute atomic E-state index is 5.39. The molecule has 0 amide bonds. The third-order valence-electron chi connectivity index (χ3n) is 4.62. The summed E-state index contributed by atoms with van der Waals surface area (Å²) in [4.78, 5) is 2.64. The molecule has 2 aliphatic rings. The molecule has 3 rings (SSSR count). The zero-order valence-corrected chi connectivity index (χ0v) is 12.0. The lowest BCUT2D eigenvalue weighted by Gasteiger charge is -2.40. The van der Waals surface area contributed by atoms with Crippen molar-refractivity contribution in [3.63, 3.8) is 0 Å². The minimum Gasteiger partial charge on any atom is -0.497 e. The summed E-state index contributed by atoms with van der Waals surface area (Å²) in [6.07, 6.45) is 2.66. The molecule has 0 radical (unpaired) electrons. The maximum Gasteiger partial charge on any atom is 0.119 e. The lowest BCUT2D eigenvalue weighted by atomic mass is 9.91. The van der Waals surface area contributed by atoms with Crippen LogP contribution in [0.1, 0.15) is 36.9 Å². The third kappa shape index (κ3) is 2.63. The van der Waals surface area contributed by atoms with E-state index in [-0.39, 0.29) is 0 Å². The van der Waals surface area contributed by atoms with E-state index in [0.29, 0.717) is 6.04 Å². The topological polar surface area (TPSA) is 24.5 Å². The molecular formula is C16H24N2O. The molecule has 1 aromatic carbocycles. The molecule has 1 N–H and O–H groups in total. The Kier molecular flexibility index (Phi) is 3.76. The van der Waals surface area contributed by atoms with Gasteiger partial charge in [0.2, 0.25) is 0 Å². The summed E-state index contributed by atoms with van der Waals surface area (Å²) in [6.45, 7) is 6.87. The molecule has 1 atom stereocenters. The van der Waals surface area contributed by atoms with E-state index in [2.05, 4.69) is 35.3 Å². The number of benzene rings is 1. The number of methoxy groups -OCH3 is 1. The highest BCUT2D eigenvalue weighted by atomic mass is 16.5. The van der Waals surface area contributed by atoms with Gasteiger partial charge in [-0.05, 0) is 55.1 Å². The molecule has 0 aromatic heterocycles. The predicted octanol–water partition coefficient (Wildman–Crippen LogP) is 2.57. The molecule has 2 aliphatic heterocycles. The number of fused-ring (bicyclic) bond motifs is 1. The van der Waals surface area contributed by atoms with Gasteiger partial charge >= 0.3 is 0 Å². The summed E-state index contributed by atoms with van der Waals surface area (Å²) in [5.41, 5.74) is 2.89. The van der Waals surface area contributed by atoms with Crippen molar-refractivity contribution < 1.29 is 4.74 Å². The van der Waals surface area contributed by atoms with Gasteiger partial charge in [0.05, 0.1) is 7.11 Å². The van der Waals surface area contributed by atoms with Crippen molar-refractivity contribution >= 4 is 0 Å². The lowest BCUT2D eigenvalue weighted by molar-refractivity contribution is 0.130. The summed E-state index contributed by atoms with van der Waals surface area (Å²) in [5, 5.41) is 3.55. The monoisotopic (exact) mass is 260 g/mol. The zero-order valence-electron chi connectivity index (χ0n) is 12.0. The van der Waals surface area contributed by atoms with Crippen molar-refractivity contribution in [3.05, 3.63) is 29.3 Å². The van der Waals surface area contributed by atoms with Gasteiger partial charge < -0.3 is 10.1 Å². The molecule has 0 aliphatic carbocycles. The molecule has 1 unspecified atom stereocenters. The summed E-state index contributed by atoms with van der Waals surface area (Å²) in [5.74, 6) is 1.87. The van der Waals surface area contributed by atoms with Crippen LogP contribution in [0.4, 0.5) is 0 Å². The minimum atomic E-state index is 0.520. The largest absolute Gasteiger partial charge is 0.497 e. The fraction of sp³-hybridized carbons (Fsp3) is 0.625. The quantitative estimate of drug-likeness (QED) is 0.884. The Labute approximate surface area is 115 Å². The minimum absolute atomic E-state index is 0.520. The Morgan fingerprint density at radius 3 is 2.79 bits per heavy atom. The van der Waals surface area contributed by atoms with Crippen molar-refractivity contribution in [2.24, 2.45) is 5.92 Å². The molecule has 0 bridgehead atoms. The second-order valence-corrected chi connectivity index (χ2v) is 5.93. The van der Waals surface area contributed by atoms with Crippen molar-refractivity contribution in [2.75, 3.05) is 26.7 Å². The van der Waals surface area contributed by atoms with Gasteiger partial charge in [0, 0.05) is 19.1 Å². The molecule has 1 saturated heterocycles. The van der Waals surface area contributed by atoms with E-state index >= 15 is 0 Å². The van der Waals surface area contributed by atoms with Gasteiger partial charge in [0.15, 0.2) is 0 Å². The Morgan fingerprint density at radius 1 is 1.26 bits per heavy atom. The van der Waals surface area contributed by atoms with Crippen LogP contribution in [0.5, 0.6) is 5.75 Å². The smallest absolute Gasteiger partial charge is 0.119 e. The van der Waals surface area contributed by atoms with Gasteiger partial charge in [-0.2, -0.15) is 0 Å². The molecule has 19 heavy (non-hydrogen) atoms. The Morgan fingerprint density at radius 2 is 2.05 bits per heavy atom. The number of nitrogens with one attached hydrogen (secondary N) is 1. The average Bonchev–Trinajstić information content (AvgIpc) is 2.47.